The molecule has 0 spiro atoms. The van der Waals surface area contributed by atoms with Gasteiger partial charge in [0.1, 0.15) is 18.1 Å². The summed E-state index contributed by atoms with van der Waals surface area (Å²) in [4.78, 5) is 6.72. The molecule has 1 aliphatic heterocycles. The molecule has 0 bridgehead atoms. The highest BCUT2D eigenvalue weighted by Crippen LogP contribution is 2.30. The van der Waals surface area contributed by atoms with E-state index in [1.807, 2.05) is 32.0 Å². The first-order chi connectivity index (χ1) is 11.6. The van der Waals surface area contributed by atoms with Crippen molar-refractivity contribution in [3.8, 4) is 5.75 Å². The fourth-order valence-electron chi connectivity index (χ4n) is 3.00. The highest BCUT2D eigenvalue weighted by Gasteiger charge is 2.21. The largest absolute Gasteiger partial charge is 0.490 e. The molecule has 6 heteroatoms. The third-order valence-electron chi connectivity index (χ3n) is 4.50. The molecule has 5 nitrogen and oxygen atoms in total. The molecule has 24 heavy (non-hydrogen) atoms. The van der Waals surface area contributed by atoms with Gasteiger partial charge in [-0.15, -0.1) is 0 Å². The van der Waals surface area contributed by atoms with E-state index in [0.29, 0.717) is 29.4 Å². The lowest BCUT2D eigenvalue weighted by atomic mass is 10.2. The number of halogens is 1. The van der Waals surface area contributed by atoms with Gasteiger partial charge >= 0.3 is 0 Å². The van der Waals surface area contributed by atoms with Gasteiger partial charge in [-0.2, -0.15) is 4.98 Å². The smallest absolute Gasteiger partial charge is 0.299 e. The van der Waals surface area contributed by atoms with Crippen molar-refractivity contribution in [2.45, 2.75) is 39.2 Å². The molecule has 0 amide bonds. The molecule has 2 heterocycles. The topological polar surface area (TPSA) is 50.5 Å². The second-order valence-corrected chi connectivity index (χ2v) is 6.65. The van der Waals surface area contributed by atoms with Gasteiger partial charge in [0.25, 0.3) is 6.01 Å². The number of likely N-dealkylation sites (tertiary alicyclic amines) is 1. The van der Waals surface area contributed by atoms with Crippen LogP contribution in [0.1, 0.15) is 31.2 Å². The average Bonchev–Trinajstić information content (AvgIpc) is 3.13. The molecule has 1 saturated heterocycles. The Kier molecular flexibility index (Phi) is 5.31. The van der Waals surface area contributed by atoms with E-state index < -0.39 is 0 Å². The number of aryl methyl sites for hydroxylation is 2. The standard InChI is InChI=1S/C18H24ClN3O2/c1-4-16-12(2)20-18(24-16)21-13-7-8-15(19)17(10-13)23-11-14-6-5-9-22(14)3/h7-8,10,14H,4-6,9,11H2,1-3H3,(H,20,21). The second-order valence-electron chi connectivity index (χ2n) is 6.24. The average molecular weight is 350 g/mol. The molecule has 1 fully saturated rings. The third-order valence-corrected chi connectivity index (χ3v) is 4.81. The van der Waals surface area contributed by atoms with Gasteiger partial charge in [-0.25, -0.2) is 0 Å². The van der Waals surface area contributed by atoms with E-state index in [-0.39, 0.29) is 0 Å². The first-order valence-electron chi connectivity index (χ1n) is 8.42. The van der Waals surface area contributed by atoms with Crippen LogP contribution in [0.25, 0.3) is 0 Å². The van der Waals surface area contributed by atoms with Crippen LogP contribution in [-0.2, 0) is 6.42 Å². The minimum Gasteiger partial charge on any atom is -0.490 e. The van der Waals surface area contributed by atoms with Crippen LogP contribution in [0.4, 0.5) is 11.7 Å². The van der Waals surface area contributed by atoms with E-state index in [0.717, 1.165) is 30.1 Å². The SMILES string of the molecule is CCc1oc(Nc2ccc(Cl)c(OCC3CCCN3C)c2)nc1C. The van der Waals surface area contributed by atoms with Gasteiger partial charge < -0.3 is 19.4 Å². The maximum Gasteiger partial charge on any atom is 0.299 e. The number of nitrogens with zero attached hydrogens (tertiary/aromatic N) is 2. The van der Waals surface area contributed by atoms with Crippen LogP contribution in [0.3, 0.4) is 0 Å². The third kappa shape index (κ3) is 3.84. The Morgan fingerprint density at radius 3 is 2.96 bits per heavy atom. The molecule has 130 valence electrons. The van der Waals surface area contributed by atoms with Crippen molar-refractivity contribution in [2.24, 2.45) is 0 Å². The van der Waals surface area contributed by atoms with E-state index in [1.165, 1.54) is 12.8 Å². The number of benzene rings is 1. The first-order valence-corrected chi connectivity index (χ1v) is 8.80. The fraction of sp³-hybridized carbons (Fsp3) is 0.500. The van der Waals surface area contributed by atoms with Crippen molar-refractivity contribution in [3.63, 3.8) is 0 Å². The molecule has 0 saturated carbocycles. The number of aromatic nitrogens is 1. The molecule has 1 atom stereocenters. The van der Waals surface area contributed by atoms with Crippen LogP contribution in [0.2, 0.25) is 5.02 Å². The van der Waals surface area contributed by atoms with Crippen molar-refractivity contribution in [1.29, 1.82) is 0 Å². The molecule has 1 unspecified atom stereocenters. The van der Waals surface area contributed by atoms with Crippen molar-refractivity contribution in [1.82, 2.24) is 9.88 Å². The number of hydrogen-bond acceptors (Lipinski definition) is 5. The van der Waals surface area contributed by atoms with E-state index in [9.17, 15) is 0 Å². The van der Waals surface area contributed by atoms with Gasteiger partial charge in [0, 0.05) is 24.2 Å². The lowest BCUT2D eigenvalue weighted by molar-refractivity contribution is 0.198. The van der Waals surface area contributed by atoms with Crippen LogP contribution in [-0.4, -0.2) is 36.1 Å². The summed E-state index contributed by atoms with van der Waals surface area (Å²) in [6.07, 6.45) is 3.22. The Hall–Kier alpha value is -1.72. The zero-order valence-corrected chi connectivity index (χ0v) is 15.2. The fourth-order valence-corrected chi connectivity index (χ4v) is 3.17. The summed E-state index contributed by atoms with van der Waals surface area (Å²) in [6, 6.07) is 6.56. The Morgan fingerprint density at radius 2 is 2.29 bits per heavy atom. The zero-order valence-electron chi connectivity index (χ0n) is 14.4. The van der Waals surface area contributed by atoms with Crippen LogP contribution >= 0.6 is 11.6 Å². The predicted octanol–water partition coefficient (Wildman–Crippen LogP) is 4.42. The van der Waals surface area contributed by atoms with E-state index in [4.69, 9.17) is 20.8 Å². The molecule has 0 aliphatic carbocycles. The Morgan fingerprint density at radius 1 is 1.46 bits per heavy atom. The van der Waals surface area contributed by atoms with Crippen molar-refractivity contribution in [2.75, 3.05) is 25.5 Å². The van der Waals surface area contributed by atoms with E-state index >= 15 is 0 Å². The summed E-state index contributed by atoms with van der Waals surface area (Å²) in [5.74, 6) is 1.58. The minimum atomic E-state index is 0.458. The number of oxazole rings is 1. The molecule has 1 aromatic carbocycles. The summed E-state index contributed by atoms with van der Waals surface area (Å²) in [7, 11) is 2.14. The number of nitrogens with one attached hydrogen (secondary N) is 1. The molecular formula is C18H24ClN3O2. The van der Waals surface area contributed by atoms with Crippen molar-refractivity contribution in [3.05, 3.63) is 34.7 Å². The van der Waals surface area contributed by atoms with Crippen LogP contribution in [0.15, 0.2) is 22.6 Å². The maximum absolute atomic E-state index is 6.27. The molecule has 0 radical (unpaired) electrons. The van der Waals surface area contributed by atoms with Crippen molar-refractivity contribution < 1.29 is 9.15 Å². The van der Waals surface area contributed by atoms with Gasteiger partial charge in [0.15, 0.2) is 0 Å². The minimum absolute atomic E-state index is 0.458. The van der Waals surface area contributed by atoms with E-state index in [2.05, 4.69) is 22.2 Å². The molecule has 1 N–H and O–H groups in total. The summed E-state index contributed by atoms with van der Waals surface area (Å²) < 4.78 is 11.6. The molecule has 3 rings (SSSR count). The number of ether oxygens (including phenoxy) is 1. The quantitative estimate of drug-likeness (QED) is 0.836. The second kappa shape index (κ2) is 7.45. The van der Waals surface area contributed by atoms with Crippen molar-refractivity contribution >= 4 is 23.3 Å². The maximum atomic E-state index is 6.27. The summed E-state index contributed by atoms with van der Waals surface area (Å²) in [6.45, 7) is 5.78. The van der Waals surface area contributed by atoms with Crippen LogP contribution < -0.4 is 10.1 Å². The van der Waals surface area contributed by atoms with Gasteiger partial charge in [0.05, 0.1) is 10.7 Å². The zero-order chi connectivity index (χ0) is 17.1. The number of hydrogen-bond donors (Lipinski definition) is 1. The van der Waals surface area contributed by atoms with Gasteiger partial charge in [-0.05, 0) is 45.5 Å². The summed E-state index contributed by atoms with van der Waals surface area (Å²) in [5, 5.41) is 3.79. The highest BCUT2D eigenvalue weighted by atomic mass is 35.5. The Bertz CT molecular complexity index is 702. The molecule has 2 aromatic rings. The lowest BCUT2D eigenvalue weighted by Crippen LogP contribution is -2.30. The summed E-state index contributed by atoms with van der Waals surface area (Å²) >= 11 is 6.27. The molecular weight excluding hydrogens is 326 g/mol. The monoisotopic (exact) mass is 349 g/mol. The number of anilines is 2. The number of likely N-dealkylation sites (N-methyl/N-ethyl adjacent to an activating group) is 1. The van der Waals surface area contributed by atoms with Gasteiger partial charge in [-0.3, -0.25) is 0 Å². The highest BCUT2D eigenvalue weighted by molar-refractivity contribution is 6.32. The first kappa shape index (κ1) is 17.1. The van der Waals surface area contributed by atoms with Crippen LogP contribution in [0.5, 0.6) is 5.75 Å². The molecule has 1 aromatic heterocycles. The lowest BCUT2D eigenvalue weighted by Gasteiger charge is -2.20. The van der Waals surface area contributed by atoms with E-state index in [1.54, 1.807) is 0 Å². The molecule has 1 aliphatic rings. The Balaban J connectivity index is 1.68. The van der Waals surface area contributed by atoms with Crippen LogP contribution in [0, 0.1) is 6.92 Å². The van der Waals surface area contributed by atoms with Gasteiger partial charge in [-0.1, -0.05) is 18.5 Å². The summed E-state index contributed by atoms with van der Waals surface area (Å²) in [5.41, 5.74) is 1.76. The predicted molar refractivity (Wildman–Crippen MR) is 96.5 cm³/mol. The van der Waals surface area contributed by atoms with Gasteiger partial charge in [0.2, 0.25) is 0 Å². The normalized spacial score (nSPS) is 18.1. The Labute approximate surface area is 148 Å². The number of rotatable bonds is 6.